The number of pyridine rings is 1. The average Bonchev–Trinajstić information content (AvgIpc) is 3.25. The Hall–Kier alpha value is -1.09. The van der Waals surface area contributed by atoms with Crippen molar-refractivity contribution in [3.8, 4) is 0 Å². The smallest absolute Gasteiger partial charge is 0.132 e. The van der Waals surface area contributed by atoms with Crippen LogP contribution in [0.15, 0.2) is 18.3 Å². The van der Waals surface area contributed by atoms with Gasteiger partial charge in [0.15, 0.2) is 0 Å². The van der Waals surface area contributed by atoms with E-state index >= 15 is 0 Å². The van der Waals surface area contributed by atoms with E-state index in [1.165, 1.54) is 37.1 Å². The minimum atomic E-state index is 0.246. The van der Waals surface area contributed by atoms with Crippen LogP contribution >= 0.6 is 0 Å². The molecule has 1 heterocycles. The standard InChI is InChI=1S/C16H27N3/c1-3-5-11-19(15-8-9-15)16-13(7-6-10-18-16)12-14(17)4-2/h6-7,10,14-15H,3-5,8-9,11-12,17H2,1-2H3. The molecule has 0 aromatic carbocycles. The Morgan fingerprint density at radius 1 is 1.42 bits per heavy atom. The van der Waals surface area contributed by atoms with Crippen LogP contribution in [0.1, 0.15) is 51.5 Å². The number of anilines is 1. The van der Waals surface area contributed by atoms with Crippen LogP contribution < -0.4 is 10.6 Å². The van der Waals surface area contributed by atoms with Crippen LogP contribution in [0.4, 0.5) is 5.82 Å². The first-order chi connectivity index (χ1) is 9.26. The molecule has 1 atom stereocenters. The minimum absolute atomic E-state index is 0.246. The Morgan fingerprint density at radius 2 is 2.21 bits per heavy atom. The summed E-state index contributed by atoms with van der Waals surface area (Å²) in [7, 11) is 0. The van der Waals surface area contributed by atoms with E-state index in [9.17, 15) is 0 Å². The van der Waals surface area contributed by atoms with Gasteiger partial charge in [-0.25, -0.2) is 4.98 Å². The van der Waals surface area contributed by atoms with Crippen molar-refractivity contribution in [2.45, 2.75) is 64.5 Å². The van der Waals surface area contributed by atoms with Crippen LogP contribution in [0.2, 0.25) is 0 Å². The first-order valence-electron chi connectivity index (χ1n) is 7.72. The third-order valence-corrected chi connectivity index (χ3v) is 3.89. The molecule has 0 saturated heterocycles. The lowest BCUT2D eigenvalue weighted by molar-refractivity contribution is 0.637. The fourth-order valence-corrected chi connectivity index (χ4v) is 2.45. The molecule has 2 rings (SSSR count). The van der Waals surface area contributed by atoms with Crippen LogP contribution in [0.5, 0.6) is 0 Å². The molecular weight excluding hydrogens is 234 g/mol. The Labute approximate surface area is 117 Å². The Morgan fingerprint density at radius 3 is 2.84 bits per heavy atom. The fourth-order valence-electron chi connectivity index (χ4n) is 2.45. The first kappa shape index (κ1) is 14.3. The number of rotatable bonds is 8. The number of nitrogens with two attached hydrogens (primary N) is 1. The number of aromatic nitrogens is 1. The highest BCUT2D eigenvalue weighted by molar-refractivity contribution is 5.49. The summed E-state index contributed by atoms with van der Waals surface area (Å²) in [6.45, 7) is 5.53. The lowest BCUT2D eigenvalue weighted by atomic mass is 10.0. The zero-order valence-corrected chi connectivity index (χ0v) is 12.3. The summed E-state index contributed by atoms with van der Waals surface area (Å²) < 4.78 is 0. The van der Waals surface area contributed by atoms with Crippen LogP contribution in [-0.2, 0) is 6.42 Å². The predicted octanol–water partition coefficient (Wildman–Crippen LogP) is 3.13. The van der Waals surface area contributed by atoms with E-state index in [-0.39, 0.29) is 6.04 Å². The zero-order chi connectivity index (χ0) is 13.7. The maximum atomic E-state index is 6.12. The summed E-state index contributed by atoms with van der Waals surface area (Å²) in [6, 6.07) is 5.19. The molecule has 2 N–H and O–H groups in total. The molecule has 1 fully saturated rings. The summed E-state index contributed by atoms with van der Waals surface area (Å²) in [4.78, 5) is 7.17. The van der Waals surface area contributed by atoms with Crippen molar-refractivity contribution < 1.29 is 0 Å². The van der Waals surface area contributed by atoms with Gasteiger partial charge < -0.3 is 10.6 Å². The normalized spacial score (nSPS) is 16.4. The quantitative estimate of drug-likeness (QED) is 0.781. The second-order valence-corrected chi connectivity index (χ2v) is 5.64. The number of unbranched alkanes of at least 4 members (excludes halogenated alkanes) is 1. The second kappa shape index (κ2) is 6.90. The van der Waals surface area contributed by atoms with Gasteiger partial charge in [-0.3, -0.25) is 0 Å². The van der Waals surface area contributed by atoms with Crippen LogP contribution in [0.3, 0.4) is 0 Å². The third-order valence-electron chi connectivity index (χ3n) is 3.89. The van der Waals surface area contributed by atoms with E-state index < -0.39 is 0 Å². The molecule has 1 aromatic rings. The SMILES string of the molecule is CCCCN(c1ncccc1CC(N)CC)C1CC1. The van der Waals surface area contributed by atoms with Gasteiger partial charge in [0.25, 0.3) is 0 Å². The molecule has 0 amide bonds. The molecule has 106 valence electrons. The van der Waals surface area contributed by atoms with Crippen molar-refractivity contribution in [3.63, 3.8) is 0 Å². The maximum Gasteiger partial charge on any atom is 0.132 e. The topological polar surface area (TPSA) is 42.2 Å². The Bertz CT molecular complexity index is 387. The molecule has 1 aromatic heterocycles. The van der Waals surface area contributed by atoms with Crippen molar-refractivity contribution in [1.29, 1.82) is 0 Å². The monoisotopic (exact) mass is 261 g/mol. The molecule has 0 spiro atoms. The highest BCUT2D eigenvalue weighted by atomic mass is 15.2. The van der Waals surface area contributed by atoms with Crippen molar-refractivity contribution >= 4 is 5.82 Å². The van der Waals surface area contributed by atoms with Crippen LogP contribution in [-0.4, -0.2) is 23.6 Å². The lowest BCUT2D eigenvalue weighted by Gasteiger charge is -2.26. The third kappa shape index (κ3) is 3.93. The molecule has 0 bridgehead atoms. The molecule has 19 heavy (non-hydrogen) atoms. The van der Waals surface area contributed by atoms with Crippen molar-refractivity contribution in [2.75, 3.05) is 11.4 Å². The predicted molar refractivity (Wildman–Crippen MR) is 81.5 cm³/mol. The van der Waals surface area contributed by atoms with Gasteiger partial charge in [0.05, 0.1) is 0 Å². The van der Waals surface area contributed by atoms with Gasteiger partial charge in [0.2, 0.25) is 0 Å². The van der Waals surface area contributed by atoms with Gasteiger partial charge in [0, 0.05) is 24.8 Å². The minimum Gasteiger partial charge on any atom is -0.353 e. The van der Waals surface area contributed by atoms with Crippen molar-refractivity contribution in [2.24, 2.45) is 5.73 Å². The highest BCUT2D eigenvalue weighted by Gasteiger charge is 2.30. The fraction of sp³-hybridized carbons (Fsp3) is 0.688. The molecule has 1 unspecified atom stereocenters. The van der Waals surface area contributed by atoms with Gasteiger partial charge in [-0.05, 0) is 43.7 Å². The molecule has 1 saturated carbocycles. The van der Waals surface area contributed by atoms with E-state index in [0.29, 0.717) is 0 Å². The van der Waals surface area contributed by atoms with Gasteiger partial charge in [-0.15, -0.1) is 0 Å². The lowest BCUT2D eigenvalue weighted by Crippen LogP contribution is -2.30. The van der Waals surface area contributed by atoms with Crippen LogP contribution in [0, 0.1) is 0 Å². The summed E-state index contributed by atoms with van der Waals surface area (Å²) >= 11 is 0. The summed E-state index contributed by atoms with van der Waals surface area (Å²) in [5.74, 6) is 1.18. The summed E-state index contributed by atoms with van der Waals surface area (Å²) in [6.07, 6.45) is 8.99. The molecule has 1 aliphatic rings. The van der Waals surface area contributed by atoms with E-state index in [4.69, 9.17) is 5.73 Å². The van der Waals surface area contributed by atoms with Gasteiger partial charge >= 0.3 is 0 Å². The summed E-state index contributed by atoms with van der Waals surface area (Å²) in [5.41, 5.74) is 7.44. The zero-order valence-electron chi connectivity index (χ0n) is 12.3. The van der Waals surface area contributed by atoms with Crippen molar-refractivity contribution in [3.05, 3.63) is 23.9 Å². The molecule has 0 aliphatic heterocycles. The number of hydrogen-bond donors (Lipinski definition) is 1. The summed E-state index contributed by atoms with van der Waals surface area (Å²) in [5, 5.41) is 0. The van der Waals surface area contributed by atoms with Gasteiger partial charge in [-0.1, -0.05) is 26.3 Å². The molecule has 1 aliphatic carbocycles. The largest absolute Gasteiger partial charge is 0.353 e. The van der Waals surface area contributed by atoms with E-state index in [0.717, 1.165) is 25.4 Å². The van der Waals surface area contributed by atoms with Gasteiger partial charge in [0.1, 0.15) is 5.82 Å². The molecule has 3 nitrogen and oxygen atoms in total. The van der Waals surface area contributed by atoms with E-state index in [1.807, 2.05) is 12.3 Å². The second-order valence-electron chi connectivity index (χ2n) is 5.64. The number of hydrogen-bond acceptors (Lipinski definition) is 3. The maximum absolute atomic E-state index is 6.12. The van der Waals surface area contributed by atoms with Crippen LogP contribution in [0.25, 0.3) is 0 Å². The Balaban J connectivity index is 2.15. The Kier molecular flexibility index (Phi) is 5.20. The molecule has 3 heteroatoms. The van der Waals surface area contributed by atoms with Gasteiger partial charge in [-0.2, -0.15) is 0 Å². The van der Waals surface area contributed by atoms with Crippen molar-refractivity contribution in [1.82, 2.24) is 4.98 Å². The average molecular weight is 261 g/mol. The first-order valence-corrected chi connectivity index (χ1v) is 7.72. The highest BCUT2D eigenvalue weighted by Crippen LogP contribution is 2.33. The molecule has 0 radical (unpaired) electrons. The number of nitrogens with zero attached hydrogens (tertiary/aromatic N) is 2. The molecular formula is C16H27N3. The van der Waals surface area contributed by atoms with E-state index in [1.54, 1.807) is 0 Å². The van der Waals surface area contributed by atoms with E-state index in [2.05, 4.69) is 29.8 Å².